The summed E-state index contributed by atoms with van der Waals surface area (Å²) in [5, 5.41) is 0. The Labute approximate surface area is 83.8 Å². The third-order valence-corrected chi connectivity index (χ3v) is 2.28. The second kappa shape index (κ2) is 4.05. The van der Waals surface area contributed by atoms with Crippen molar-refractivity contribution >= 4 is 11.9 Å². The fourth-order valence-electron chi connectivity index (χ4n) is 1.52. The highest BCUT2D eigenvalue weighted by atomic mass is 16.1. The fourth-order valence-corrected chi connectivity index (χ4v) is 1.52. The topological polar surface area (TPSA) is 17.1 Å². The molecule has 0 saturated carbocycles. The molecule has 0 spiro atoms. The number of allylic oxidation sites excluding steroid dienone is 3. The van der Waals surface area contributed by atoms with Gasteiger partial charge in [0, 0.05) is 12.0 Å². The maximum Gasteiger partial charge on any atom is 0.163 e. The van der Waals surface area contributed by atoms with Gasteiger partial charge in [-0.2, -0.15) is 0 Å². The third-order valence-electron chi connectivity index (χ3n) is 2.28. The third kappa shape index (κ3) is 1.99. The molecule has 0 aromatic heterocycles. The summed E-state index contributed by atoms with van der Waals surface area (Å²) in [5.41, 5.74) is 1.91. The average Bonchev–Trinajstić information content (AvgIpc) is 2.23. The number of hydrogen-bond donors (Lipinski definition) is 0. The van der Waals surface area contributed by atoms with Gasteiger partial charge < -0.3 is 0 Å². The summed E-state index contributed by atoms with van der Waals surface area (Å²) in [4.78, 5) is 11.5. The van der Waals surface area contributed by atoms with E-state index in [4.69, 9.17) is 0 Å². The first kappa shape index (κ1) is 8.95. The number of carbonyl (C=O) groups excluding carboxylic acids is 1. The molecule has 0 fully saturated rings. The highest BCUT2D eigenvalue weighted by molar-refractivity contribution is 6.03. The summed E-state index contributed by atoms with van der Waals surface area (Å²) in [6, 6.07) is 9.93. The van der Waals surface area contributed by atoms with Gasteiger partial charge in [0.05, 0.1) is 0 Å². The molecule has 1 aliphatic carbocycles. The molecule has 14 heavy (non-hydrogen) atoms. The van der Waals surface area contributed by atoms with E-state index in [0.29, 0.717) is 6.42 Å². The van der Waals surface area contributed by atoms with Crippen LogP contribution in [0.1, 0.15) is 18.4 Å². The number of carbonyl (C=O) groups is 1. The first-order chi connectivity index (χ1) is 6.86. The zero-order chi connectivity index (χ0) is 9.80. The minimum absolute atomic E-state index is 0.247. The molecule has 0 saturated heterocycles. The molecular formula is C13H12O. The van der Waals surface area contributed by atoms with E-state index in [1.165, 1.54) is 0 Å². The van der Waals surface area contributed by atoms with E-state index in [0.717, 1.165) is 17.6 Å². The Bertz CT molecular complexity index is 385. The minimum Gasteiger partial charge on any atom is -0.294 e. The fraction of sp³-hybridized carbons (Fsp3) is 0.154. The second-order valence-electron chi connectivity index (χ2n) is 3.37. The number of hydrogen-bond acceptors (Lipinski definition) is 1. The van der Waals surface area contributed by atoms with Crippen LogP contribution in [0.2, 0.25) is 0 Å². The van der Waals surface area contributed by atoms with Crippen LogP contribution in [0.4, 0.5) is 0 Å². The number of ketones is 1. The molecule has 0 atom stereocenters. The number of benzene rings is 1. The van der Waals surface area contributed by atoms with Crippen molar-refractivity contribution in [1.29, 1.82) is 0 Å². The smallest absolute Gasteiger partial charge is 0.163 e. The van der Waals surface area contributed by atoms with E-state index in [2.05, 4.69) is 6.08 Å². The highest BCUT2D eigenvalue weighted by Gasteiger charge is 2.09. The first-order valence-corrected chi connectivity index (χ1v) is 4.83. The van der Waals surface area contributed by atoms with Gasteiger partial charge in [-0.05, 0) is 18.1 Å². The van der Waals surface area contributed by atoms with Crippen LogP contribution in [0, 0.1) is 0 Å². The van der Waals surface area contributed by atoms with Crippen molar-refractivity contribution in [2.24, 2.45) is 0 Å². The SMILES string of the molecule is O=C1CCC=C/C1=C/c1ccccc1. The maximum atomic E-state index is 11.5. The lowest BCUT2D eigenvalue weighted by atomic mass is 9.98. The lowest BCUT2D eigenvalue weighted by Crippen LogP contribution is -2.03. The highest BCUT2D eigenvalue weighted by Crippen LogP contribution is 2.15. The molecule has 0 amide bonds. The van der Waals surface area contributed by atoms with Gasteiger partial charge in [-0.1, -0.05) is 42.5 Å². The Morgan fingerprint density at radius 1 is 1.14 bits per heavy atom. The van der Waals surface area contributed by atoms with Crippen LogP contribution in [0.25, 0.3) is 6.08 Å². The maximum absolute atomic E-state index is 11.5. The lowest BCUT2D eigenvalue weighted by molar-refractivity contribution is -0.115. The Morgan fingerprint density at radius 3 is 2.64 bits per heavy atom. The normalized spacial score (nSPS) is 18.9. The van der Waals surface area contributed by atoms with Crippen LogP contribution in [0.3, 0.4) is 0 Å². The second-order valence-corrected chi connectivity index (χ2v) is 3.37. The van der Waals surface area contributed by atoms with Gasteiger partial charge in [0.25, 0.3) is 0 Å². The number of Topliss-reactive ketones (excluding diaryl/α,β-unsaturated/α-hetero) is 1. The molecule has 0 unspecified atom stereocenters. The zero-order valence-electron chi connectivity index (χ0n) is 7.94. The van der Waals surface area contributed by atoms with Gasteiger partial charge in [-0.15, -0.1) is 0 Å². The van der Waals surface area contributed by atoms with Crippen molar-refractivity contribution in [2.75, 3.05) is 0 Å². The zero-order valence-corrected chi connectivity index (χ0v) is 7.94. The summed E-state index contributed by atoms with van der Waals surface area (Å²) >= 11 is 0. The molecule has 70 valence electrons. The average molecular weight is 184 g/mol. The Balaban J connectivity index is 2.30. The van der Waals surface area contributed by atoms with Crippen LogP contribution in [0.5, 0.6) is 0 Å². The summed E-state index contributed by atoms with van der Waals surface area (Å²) in [7, 11) is 0. The van der Waals surface area contributed by atoms with Gasteiger partial charge in [0.1, 0.15) is 0 Å². The predicted octanol–water partition coefficient (Wildman–Crippen LogP) is 2.99. The molecule has 0 aliphatic heterocycles. The van der Waals surface area contributed by atoms with E-state index in [1.54, 1.807) is 0 Å². The van der Waals surface area contributed by atoms with Crippen molar-refractivity contribution in [3.05, 3.63) is 53.6 Å². The molecule has 1 heteroatoms. The van der Waals surface area contributed by atoms with Gasteiger partial charge >= 0.3 is 0 Å². The Hall–Kier alpha value is -1.63. The van der Waals surface area contributed by atoms with Crippen LogP contribution < -0.4 is 0 Å². The summed E-state index contributed by atoms with van der Waals surface area (Å²) in [5.74, 6) is 0.247. The standard InChI is InChI=1S/C13H12O/c14-13-9-5-4-8-12(13)10-11-6-2-1-3-7-11/h1-4,6-8,10H,5,9H2/b12-10-. The Kier molecular flexibility index (Phi) is 2.59. The summed E-state index contributed by atoms with van der Waals surface area (Å²) in [6.45, 7) is 0. The monoisotopic (exact) mass is 184 g/mol. The molecule has 1 aromatic carbocycles. The van der Waals surface area contributed by atoms with E-state index in [1.807, 2.05) is 42.5 Å². The molecule has 0 bridgehead atoms. The quantitative estimate of drug-likeness (QED) is 0.613. The molecule has 1 nitrogen and oxygen atoms in total. The summed E-state index contributed by atoms with van der Waals surface area (Å²) in [6.07, 6.45) is 7.44. The molecule has 2 rings (SSSR count). The van der Waals surface area contributed by atoms with E-state index < -0.39 is 0 Å². The van der Waals surface area contributed by atoms with Crippen LogP contribution in [-0.2, 0) is 4.79 Å². The van der Waals surface area contributed by atoms with Crippen molar-refractivity contribution in [3.8, 4) is 0 Å². The first-order valence-electron chi connectivity index (χ1n) is 4.83. The summed E-state index contributed by atoms with van der Waals surface area (Å²) < 4.78 is 0. The van der Waals surface area contributed by atoms with Gasteiger partial charge in [-0.25, -0.2) is 0 Å². The molecule has 0 radical (unpaired) electrons. The minimum atomic E-state index is 0.247. The molecule has 1 aliphatic rings. The Morgan fingerprint density at radius 2 is 1.93 bits per heavy atom. The molecule has 0 N–H and O–H groups in total. The molecule has 1 aromatic rings. The van der Waals surface area contributed by atoms with Crippen LogP contribution in [-0.4, -0.2) is 5.78 Å². The lowest BCUT2D eigenvalue weighted by Gasteiger charge is -2.05. The van der Waals surface area contributed by atoms with E-state index in [9.17, 15) is 4.79 Å². The largest absolute Gasteiger partial charge is 0.294 e. The van der Waals surface area contributed by atoms with Crippen LogP contribution in [0.15, 0.2) is 48.1 Å². The van der Waals surface area contributed by atoms with Crippen molar-refractivity contribution < 1.29 is 4.79 Å². The molecular weight excluding hydrogens is 172 g/mol. The number of rotatable bonds is 1. The van der Waals surface area contributed by atoms with E-state index >= 15 is 0 Å². The van der Waals surface area contributed by atoms with E-state index in [-0.39, 0.29) is 5.78 Å². The van der Waals surface area contributed by atoms with Gasteiger partial charge in [0.15, 0.2) is 5.78 Å². The molecule has 0 heterocycles. The van der Waals surface area contributed by atoms with Crippen LogP contribution >= 0.6 is 0 Å². The van der Waals surface area contributed by atoms with Crippen molar-refractivity contribution in [3.63, 3.8) is 0 Å². The predicted molar refractivity (Wildman–Crippen MR) is 57.8 cm³/mol. The van der Waals surface area contributed by atoms with Gasteiger partial charge in [-0.3, -0.25) is 4.79 Å². The van der Waals surface area contributed by atoms with Gasteiger partial charge in [0.2, 0.25) is 0 Å². The van der Waals surface area contributed by atoms with Crippen molar-refractivity contribution in [2.45, 2.75) is 12.8 Å². The van der Waals surface area contributed by atoms with Crippen molar-refractivity contribution in [1.82, 2.24) is 0 Å².